The predicted octanol–water partition coefficient (Wildman–Crippen LogP) is 1.74. The Labute approximate surface area is 146 Å². The second kappa shape index (κ2) is 8.27. The summed E-state index contributed by atoms with van der Waals surface area (Å²) in [4.78, 5) is 23.5. The third-order valence-electron chi connectivity index (χ3n) is 3.55. The Hall–Kier alpha value is -2.90. The molecule has 0 unspecified atom stereocenters. The van der Waals surface area contributed by atoms with Crippen LogP contribution in [0.1, 0.15) is 32.8 Å². The Morgan fingerprint density at radius 2 is 1.64 bits per heavy atom. The maximum atomic E-state index is 11.8. The summed E-state index contributed by atoms with van der Waals surface area (Å²) in [5, 5.41) is 20.6. The zero-order valence-electron chi connectivity index (χ0n) is 14.6. The van der Waals surface area contributed by atoms with Crippen molar-refractivity contribution in [1.82, 2.24) is 31.0 Å². The highest BCUT2D eigenvalue weighted by atomic mass is 16.2. The smallest absolute Gasteiger partial charge is 0.315 e. The molecule has 0 saturated heterocycles. The van der Waals surface area contributed by atoms with Crippen molar-refractivity contribution in [2.45, 2.75) is 33.7 Å². The minimum Gasteiger partial charge on any atom is -0.338 e. The van der Waals surface area contributed by atoms with Crippen molar-refractivity contribution < 1.29 is 9.59 Å². The molecule has 132 valence electrons. The lowest BCUT2D eigenvalue weighted by Crippen LogP contribution is -2.37. The van der Waals surface area contributed by atoms with Gasteiger partial charge in [-0.25, -0.2) is 4.79 Å². The highest BCUT2D eigenvalue weighted by Gasteiger charge is 2.20. The number of carbonyl (C=O) groups is 2. The first kappa shape index (κ1) is 18.4. The zero-order chi connectivity index (χ0) is 18.3. The number of nitrogens with zero attached hydrogens (tertiary/aromatic N) is 4. The molecule has 0 aliphatic carbocycles. The fourth-order valence-corrected chi connectivity index (χ4v) is 2.00. The molecule has 0 atom stereocenters. The van der Waals surface area contributed by atoms with Crippen LogP contribution in [0.25, 0.3) is 11.4 Å². The van der Waals surface area contributed by atoms with Crippen molar-refractivity contribution in [2.75, 3.05) is 6.54 Å². The van der Waals surface area contributed by atoms with E-state index in [0.717, 1.165) is 11.1 Å². The Morgan fingerprint density at radius 1 is 1.00 bits per heavy atom. The molecule has 0 bridgehead atoms. The molecular formula is C17H22N6O2. The summed E-state index contributed by atoms with van der Waals surface area (Å²) < 4.78 is 0. The van der Waals surface area contributed by atoms with Gasteiger partial charge in [-0.2, -0.15) is 0 Å². The maximum Gasteiger partial charge on any atom is 0.315 e. The largest absolute Gasteiger partial charge is 0.338 e. The highest BCUT2D eigenvalue weighted by molar-refractivity contribution is 5.84. The predicted molar refractivity (Wildman–Crippen MR) is 92.4 cm³/mol. The lowest BCUT2D eigenvalue weighted by Gasteiger charge is -2.16. The number of ketones is 1. The summed E-state index contributed by atoms with van der Waals surface area (Å²) in [6, 6.07) is 7.13. The van der Waals surface area contributed by atoms with Crippen LogP contribution in [0.2, 0.25) is 0 Å². The van der Waals surface area contributed by atoms with Crippen LogP contribution in [0.15, 0.2) is 30.6 Å². The van der Waals surface area contributed by atoms with Crippen LogP contribution in [-0.4, -0.2) is 38.8 Å². The first-order valence-electron chi connectivity index (χ1n) is 8.01. The van der Waals surface area contributed by atoms with E-state index in [2.05, 4.69) is 31.0 Å². The van der Waals surface area contributed by atoms with Gasteiger partial charge in [0.2, 0.25) is 5.82 Å². The summed E-state index contributed by atoms with van der Waals surface area (Å²) >= 11 is 0. The zero-order valence-corrected chi connectivity index (χ0v) is 14.6. The topological polar surface area (TPSA) is 110 Å². The summed E-state index contributed by atoms with van der Waals surface area (Å²) in [5.41, 5.74) is 1.35. The molecule has 8 heteroatoms. The lowest BCUT2D eigenvalue weighted by molar-refractivity contribution is -0.126. The van der Waals surface area contributed by atoms with Gasteiger partial charge in [0.15, 0.2) is 6.33 Å². The van der Waals surface area contributed by atoms with E-state index in [4.69, 9.17) is 0 Å². The second-order valence-corrected chi connectivity index (χ2v) is 6.60. The van der Waals surface area contributed by atoms with E-state index in [0.29, 0.717) is 25.3 Å². The molecule has 0 aliphatic heterocycles. The first-order chi connectivity index (χ1) is 11.9. The third-order valence-corrected chi connectivity index (χ3v) is 3.55. The van der Waals surface area contributed by atoms with Crippen molar-refractivity contribution in [3.63, 3.8) is 0 Å². The number of Topliss-reactive ketones (excluding diaryl/α,β-unsaturated/α-hetero) is 1. The molecular weight excluding hydrogens is 320 g/mol. The van der Waals surface area contributed by atoms with Crippen LogP contribution in [0.4, 0.5) is 4.79 Å². The van der Waals surface area contributed by atoms with Crippen LogP contribution in [0.5, 0.6) is 0 Å². The lowest BCUT2D eigenvalue weighted by atomic mass is 9.89. The van der Waals surface area contributed by atoms with E-state index < -0.39 is 0 Å². The van der Waals surface area contributed by atoms with Crippen LogP contribution in [-0.2, 0) is 11.3 Å². The van der Waals surface area contributed by atoms with Gasteiger partial charge >= 0.3 is 6.03 Å². The molecule has 0 fully saturated rings. The van der Waals surface area contributed by atoms with E-state index in [9.17, 15) is 9.59 Å². The van der Waals surface area contributed by atoms with Crippen LogP contribution in [0.3, 0.4) is 0 Å². The molecule has 1 aromatic carbocycles. The normalized spacial score (nSPS) is 11.0. The van der Waals surface area contributed by atoms with E-state index in [1.54, 1.807) is 0 Å². The number of amides is 2. The molecule has 2 N–H and O–H groups in total. The molecule has 1 aromatic heterocycles. The third kappa shape index (κ3) is 5.91. The minimum atomic E-state index is -0.382. The summed E-state index contributed by atoms with van der Waals surface area (Å²) in [6.45, 7) is 6.31. The van der Waals surface area contributed by atoms with Crippen molar-refractivity contribution in [3.8, 4) is 11.4 Å². The molecule has 8 nitrogen and oxygen atoms in total. The Kier molecular flexibility index (Phi) is 6.10. The van der Waals surface area contributed by atoms with E-state index in [1.807, 2.05) is 45.0 Å². The van der Waals surface area contributed by atoms with Crippen molar-refractivity contribution >= 4 is 11.8 Å². The van der Waals surface area contributed by atoms with Crippen LogP contribution < -0.4 is 10.6 Å². The van der Waals surface area contributed by atoms with E-state index in [-0.39, 0.29) is 17.2 Å². The number of benzene rings is 1. The van der Waals surface area contributed by atoms with E-state index in [1.165, 1.54) is 6.33 Å². The van der Waals surface area contributed by atoms with Crippen LogP contribution >= 0.6 is 0 Å². The van der Waals surface area contributed by atoms with Gasteiger partial charge in [0, 0.05) is 30.5 Å². The van der Waals surface area contributed by atoms with Gasteiger partial charge < -0.3 is 10.6 Å². The Balaban J connectivity index is 1.76. The summed E-state index contributed by atoms with van der Waals surface area (Å²) in [7, 11) is 0. The number of rotatable bonds is 6. The van der Waals surface area contributed by atoms with Gasteiger partial charge in [0.1, 0.15) is 5.78 Å². The first-order valence-corrected chi connectivity index (χ1v) is 8.01. The fourth-order valence-electron chi connectivity index (χ4n) is 2.00. The Morgan fingerprint density at radius 3 is 2.24 bits per heavy atom. The molecule has 0 aliphatic rings. The Bertz CT molecular complexity index is 710. The number of nitrogens with one attached hydrogen (secondary N) is 2. The van der Waals surface area contributed by atoms with Gasteiger partial charge in [-0.3, -0.25) is 4.79 Å². The SMILES string of the molecule is CC(C)(C)C(=O)CCNC(=O)NCc1ccc(-c2nncnn2)cc1. The molecule has 2 rings (SSSR count). The highest BCUT2D eigenvalue weighted by Crippen LogP contribution is 2.16. The molecule has 1 heterocycles. The van der Waals surface area contributed by atoms with E-state index >= 15 is 0 Å². The standard InChI is InChI=1S/C17H22N6O2/c1-17(2,3)14(24)8-9-18-16(25)19-10-12-4-6-13(7-5-12)15-22-20-11-21-23-15/h4-7,11H,8-10H2,1-3H3,(H2,18,19,25). The van der Waals surface area contributed by atoms with Crippen molar-refractivity contribution in [2.24, 2.45) is 5.41 Å². The monoisotopic (exact) mass is 342 g/mol. The number of urea groups is 1. The van der Waals surface area contributed by atoms with Gasteiger partial charge in [-0.1, -0.05) is 45.0 Å². The second-order valence-electron chi connectivity index (χ2n) is 6.60. The number of hydrogen-bond acceptors (Lipinski definition) is 6. The van der Waals surface area contributed by atoms with Gasteiger partial charge in [-0.05, 0) is 5.56 Å². The summed E-state index contributed by atoms with van der Waals surface area (Å²) in [5.74, 6) is 0.568. The van der Waals surface area contributed by atoms with Crippen molar-refractivity contribution in [3.05, 3.63) is 36.2 Å². The molecule has 25 heavy (non-hydrogen) atoms. The molecule has 0 radical (unpaired) electrons. The number of aromatic nitrogens is 4. The molecule has 2 amide bonds. The minimum absolute atomic E-state index is 0.121. The molecule has 0 spiro atoms. The average Bonchev–Trinajstić information content (AvgIpc) is 2.60. The number of hydrogen-bond donors (Lipinski definition) is 2. The quantitative estimate of drug-likeness (QED) is 0.827. The molecule has 0 saturated carbocycles. The number of carbonyl (C=O) groups excluding carboxylic acids is 2. The fraction of sp³-hybridized carbons (Fsp3) is 0.412. The van der Waals surface area contributed by atoms with Crippen molar-refractivity contribution in [1.29, 1.82) is 0 Å². The average molecular weight is 342 g/mol. The summed E-state index contributed by atoms with van der Waals surface area (Å²) in [6.07, 6.45) is 1.60. The van der Waals surface area contributed by atoms with Gasteiger partial charge in [0.25, 0.3) is 0 Å². The maximum absolute atomic E-state index is 11.8. The van der Waals surface area contributed by atoms with Gasteiger partial charge in [0.05, 0.1) is 0 Å². The van der Waals surface area contributed by atoms with Gasteiger partial charge in [-0.15, -0.1) is 20.4 Å². The van der Waals surface area contributed by atoms with Crippen LogP contribution in [0, 0.1) is 5.41 Å². The molecule has 2 aromatic rings.